The first kappa shape index (κ1) is 13.6. The summed E-state index contributed by atoms with van der Waals surface area (Å²) in [7, 11) is 0. The van der Waals surface area contributed by atoms with Gasteiger partial charge in [-0.15, -0.1) is 6.42 Å². The molecule has 0 fully saturated rings. The van der Waals surface area contributed by atoms with Crippen molar-refractivity contribution in [2.24, 2.45) is 0 Å². The van der Waals surface area contributed by atoms with Crippen LogP contribution in [0.25, 0.3) is 16.9 Å². The van der Waals surface area contributed by atoms with Crippen LogP contribution in [-0.4, -0.2) is 19.1 Å². The van der Waals surface area contributed by atoms with Crippen LogP contribution >= 0.6 is 0 Å². The summed E-state index contributed by atoms with van der Waals surface area (Å²) in [5.41, 5.74) is 0.415. The molecule has 3 rings (SSSR count). The third-order valence-electron chi connectivity index (χ3n) is 3.20. The molecule has 0 aliphatic carbocycles. The van der Waals surface area contributed by atoms with Gasteiger partial charge in [0, 0.05) is 11.6 Å². The van der Waals surface area contributed by atoms with E-state index in [9.17, 15) is 14.9 Å². The Kier molecular flexibility index (Phi) is 3.20. The van der Waals surface area contributed by atoms with Gasteiger partial charge in [0.15, 0.2) is 0 Å². The first-order valence-electron chi connectivity index (χ1n) is 6.38. The maximum absolute atomic E-state index is 12.2. The Morgan fingerprint density at radius 3 is 2.68 bits per heavy atom. The van der Waals surface area contributed by atoms with Gasteiger partial charge in [-0.2, -0.15) is 9.61 Å². The molecule has 2 heterocycles. The van der Waals surface area contributed by atoms with Crippen LogP contribution in [0, 0.1) is 22.5 Å². The highest BCUT2D eigenvalue weighted by Gasteiger charge is 2.19. The molecule has 108 valence electrons. The van der Waals surface area contributed by atoms with Gasteiger partial charge < -0.3 is 4.57 Å². The highest BCUT2D eigenvalue weighted by molar-refractivity contribution is 5.64. The second-order valence-corrected chi connectivity index (χ2v) is 4.57. The minimum atomic E-state index is -0.782. The molecule has 0 aliphatic rings. The number of nitro groups is 1. The van der Waals surface area contributed by atoms with Gasteiger partial charge in [-0.25, -0.2) is 0 Å². The maximum Gasteiger partial charge on any atom is 0.352 e. The lowest BCUT2D eigenvalue weighted by molar-refractivity contribution is -0.386. The van der Waals surface area contributed by atoms with Crippen molar-refractivity contribution in [1.29, 1.82) is 0 Å². The molecule has 0 spiro atoms. The smallest absolute Gasteiger partial charge is 0.314 e. The SMILES string of the molecule is C#CCn1cc([N+](=O)[O-])c(=O)n2nc(-c3ccccc3)cc12. The fraction of sp³-hybridized carbons (Fsp3) is 0.0667. The Morgan fingerprint density at radius 1 is 1.32 bits per heavy atom. The van der Waals surface area contributed by atoms with E-state index in [1.807, 2.05) is 30.3 Å². The van der Waals surface area contributed by atoms with Crippen LogP contribution in [0.2, 0.25) is 0 Å². The van der Waals surface area contributed by atoms with Crippen LogP contribution < -0.4 is 5.56 Å². The summed E-state index contributed by atoms with van der Waals surface area (Å²) in [6, 6.07) is 10.9. The van der Waals surface area contributed by atoms with Crippen LogP contribution in [0.1, 0.15) is 0 Å². The van der Waals surface area contributed by atoms with E-state index >= 15 is 0 Å². The molecule has 7 nitrogen and oxygen atoms in total. The second-order valence-electron chi connectivity index (χ2n) is 4.57. The Bertz CT molecular complexity index is 964. The third kappa shape index (κ3) is 2.13. The van der Waals surface area contributed by atoms with Crippen molar-refractivity contribution >= 4 is 11.3 Å². The number of fused-ring (bicyclic) bond motifs is 1. The van der Waals surface area contributed by atoms with E-state index in [2.05, 4.69) is 11.0 Å². The second kappa shape index (κ2) is 5.18. The summed E-state index contributed by atoms with van der Waals surface area (Å²) >= 11 is 0. The summed E-state index contributed by atoms with van der Waals surface area (Å²) in [6.45, 7) is 0.102. The van der Waals surface area contributed by atoms with Gasteiger partial charge in [0.2, 0.25) is 0 Å². The number of hydrogen-bond donors (Lipinski definition) is 0. The highest BCUT2D eigenvalue weighted by atomic mass is 16.6. The van der Waals surface area contributed by atoms with Crippen LogP contribution in [0.4, 0.5) is 5.69 Å². The number of nitrogens with zero attached hydrogens (tertiary/aromatic N) is 4. The predicted octanol–water partition coefficient (Wildman–Crippen LogP) is 1.70. The molecule has 7 heteroatoms. The quantitative estimate of drug-likeness (QED) is 0.418. The lowest BCUT2D eigenvalue weighted by Crippen LogP contribution is -2.21. The predicted molar refractivity (Wildman–Crippen MR) is 80.4 cm³/mol. The zero-order valence-electron chi connectivity index (χ0n) is 11.3. The molecule has 0 radical (unpaired) electrons. The summed E-state index contributed by atoms with van der Waals surface area (Å²) in [5.74, 6) is 2.41. The number of terminal acetylenes is 1. The summed E-state index contributed by atoms with van der Waals surface area (Å²) in [6.07, 6.45) is 6.43. The van der Waals surface area contributed by atoms with E-state index < -0.39 is 16.2 Å². The number of benzene rings is 1. The van der Waals surface area contributed by atoms with Crippen molar-refractivity contribution in [3.63, 3.8) is 0 Å². The zero-order valence-corrected chi connectivity index (χ0v) is 11.3. The van der Waals surface area contributed by atoms with Gasteiger partial charge in [-0.1, -0.05) is 36.3 Å². The van der Waals surface area contributed by atoms with Crippen molar-refractivity contribution in [3.05, 3.63) is 63.1 Å². The summed E-state index contributed by atoms with van der Waals surface area (Å²) in [4.78, 5) is 22.4. The average Bonchev–Trinajstić information content (AvgIpc) is 2.97. The lowest BCUT2D eigenvalue weighted by atomic mass is 10.2. The third-order valence-corrected chi connectivity index (χ3v) is 3.20. The van der Waals surface area contributed by atoms with Crippen molar-refractivity contribution in [2.75, 3.05) is 0 Å². The fourth-order valence-corrected chi connectivity index (χ4v) is 2.20. The largest absolute Gasteiger partial charge is 0.352 e. The van der Waals surface area contributed by atoms with E-state index in [0.29, 0.717) is 11.3 Å². The Balaban J connectivity index is 2.33. The molecule has 3 aromatic rings. The number of rotatable bonds is 3. The molecule has 0 aliphatic heterocycles. The van der Waals surface area contributed by atoms with Crippen LogP contribution in [0.5, 0.6) is 0 Å². The monoisotopic (exact) mass is 294 g/mol. The van der Waals surface area contributed by atoms with E-state index in [1.165, 1.54) is 4.57 Å². The average molecular weight is 294 g/mol. The number of aromatic nitrogens is 3. The van der Waals surface area contributed by atoms with Crippen molar-refractivity contribution in [2.45, 2.75) is 6.54 Å². The van der Waals surface area contributed by atoms with Gasteiger partial charge in [0.05, 0.1) is 23.4 Å². The Morgan fingerprint density at radius 2 is 2.05 bits per heavy atom. The maximum atomic E-state index is 12.2. The summed E-state index contributed by atoms with van der Waals surface area (Å²) < 4.78 is 2.47. The topological polar surface area (TPSA) is 82.4 Å². The Hall–Kier alpha value is -3.40. The first-order valence-corrected chi connectivity index (χ1v) is 6.38. The number of hydrogen-bond acceptors (Lipinski definition) is 4. The van der Waals surface area contributed by atoms with E-state index in [-0.39, 0.29) is 6.54 Å². The molecular formula is C15H10N4O3. The van der Waals surface area contributed by atoms with Crippen LogP contribution in [0.15, 0.2) is 47.4 Å². The van der Waals surface area contributed by atoms with Crippen LogP contribution in [-0.2, 0) is 6.54 Å². The molecule has 0 saturated carbocycles. The van der Waals surface area contributed by atoms with Crippen molar-refractivity contribution in [3.8, 4) is 23.6 Å². The van der Waals surface area contributed by atoms with E-state index in [1.54, 1.807) is 6.07 Å². The minimum absolute atomic E-state index is 0.102. The molecule has 22 heavy (non-hydrogen) atoms. The van der Waals surface area contributed by atoms with Crippen molar-refractivity contribution in [1.82, 2.24) is 14.2 Å². The lowest BCUT2D eigenvalue weighted by Gasteiger charge is -2.03. The van der Waals surface area contributed by atoms with Gasteiger partial charge in [-0.3, -0.25) is 14.9 Å². The molecule has 0 bridgehead atoms. The molecular weight excluding hydrogens is 284 g/mol. The highest BCUT2D eigenvalue weighted by Crippen LogP contribution is 2.19. The fourth-order valence-electron chi connectivity index (χ4n) is 2.20. The van der Waals surface area contributed by atoms with Crippen molar-refractivity contribution < 1.29 is 4.92 Å². The molecule has 1 aromatic carbocycles. The van der Waals surface area contributed by atoms with Gasteiger partial charge in [-0.05, 0) is 0 Å². The zero-order chi connectivity index (χ0) is 15.7. The Labute approximate surface area is 124 Å². The van der Waals surface area contributed by atoms with Crippen LogP contribution in [0.3, 0.4) is 0 Å². The molecule has 0 amide bonds. The molecule has 2 aromatic heterocycles. The van der Waals surface area contributed by atoms with Gasteiger partial charge in [0.1, 0.15) is 5.65 Å². The first-order chi connectivity index (χ1) is 10.6. The van der Waals surface area contributed by atoms with E-state index in [0.717, 1.165) is 16.3 Å². The normalized spacial score (nSPS) is 10.5. The standard InChI is InChI=1S/C15H10N4O3/c1-2-8-17-10-13(19(21)22)15(20)18-14(17)9-12(16-18)11-6-4-3-5-7-11/h1,3-7,9-10H,8H2. The molecule has 0 saturated heterocycles. The molecule has 0 atom stereocenters. The van der Waals surface area contributed by atoms with Gasteiger partial charge in [0.25, 0.3) is 0 Å². The molecule has 0 N–H and O–H groups in total. The molecule has 0 unspecified atom stereocenters. The van der Waals surface area contributed by atoms with E-state index in [4.69, 9.17) is 6.42 Å². The van der Waals surface area contributed by atoms with Gasteiger partial charge >= 0.3 is 11.2 Å². The minimum Gasteiger partial charge on any atom is -0.314 e. The summed E-state index contributed by atoms with van der Waals surface area (Å²) in [5, 5.41) is 15.2.